The number of hydrogen-bond acceptors (Lipinski definition) is 4. The van der Waals surface area contributed by atoms with Crippen molar-refractivity contribution >= 4 is 45.3 Å². The number of thiophene rings is 1. The molecule has 1 heterocycles. The highest BCUT2D eigenvalue weighted by Gasteiger charge is 2.30. The maximum atomic E-state index is 12.7. The Labute approximate surface area is 174 Å². The SMILES string of the molecule is COC(=O)c1cc(-c2ccccc2)sc1NC(=S)Nc1ccc(C(F)(F)F)cc1. The fourth-order valence-corrected chi connectivity index (χ4v) is 3.84. The summed E-state index contributed by atoms with van der Waals surface area (Å²) in [4.78, 5) is 13.0. The summed E-state index contributed by atoms with van der Waals surface area (Å²) in [5, 5.41) is 6.34. The topological polar surface area (TPSA) is 50.4 Å². The van der Waals surface area contributed by atoms with Crippen molar-refractivity contribution in [2.45, 2.75) is 6.18 Å². The first-order chi connectivity index (χ1) is 13.8. The van der Waals surface area contributed by atoms with Gasteiger partial charge in [0.05, 0.1) is 18.2 Å². The molecule has 0 atom stereocenters. The Morgan fingerprint density at radius 2 is 1.69 bits per heavy atom. The quantitative estimate of drug-likeness (QED) is 0.386. The van der Waals surface area contributed by atoms with Gasteiger partial charge in [-0.1, -0.05) is 30.3 Å². The van der Waals surface area contributed by atoms with Crippen molar-refractivity contribution in [3.8, 4) is 10.4 Å². The summed E-state index contributed by atoms with van der Waals surface area (Å²) in [6, 6.07) is 15.7. The largest absolute Gasteiger partial charge is 0.465 e. The summed E-state index contributed by atoms with van der Waals surface area (Å²) in [7, 11) is 1.28. The van der Waals surface area contributed by atoms with Gasteiger partial charge < -0.3 is 15.4 Å². The number of ether oxygens (including phenoxy) is 1. The molecule has 3 rings (SSSR count). The molecule has 1 aromatic heterocycles. The number of thiocarbonyl (C=S) groups is 1. The highest BCUT2D eigenvalue weighted by molar-refractivity contribution is 7.80. The Bertz CT molecular complexity index is 1020. The van der Waals surface area contributed by atoms with E-state index in [0.717, 1.165) is 22.6 Å². The van der Waals surface area contributed by atoms with Crippen molar-refractivity contribution in [1.82, 2.24) is 0 Å². The summed E-state index contributed by atoms with van der Waals surface area (Å²) in [5.74, 6) is -0.525. The summed E-state index contributed by atoms with van der Waals surface area (Å²) in [6.07, 6.45) is -4.41. The molecule has 0 saturated carbocycles. The van der Waals surface area contributed by atoms with Gasteiger partial charge >= 0.3 is 12.1 Å². The van der Waals surface area contributed by atoms with Gasteiger partial charge in [0.2, 0.25) is 0 Å². The van der Waals surface area contributed by atoms with Crippen LogP contribution >= 0.6 is 23.6 Å². The molecule has 0 aliphatic carbocycles. The van der Waals surface area contributed by atoms with Crippen molar-refractivity contribution in [1.29, 1.82) is 0 Å². The number of nitrogens with one attached hydrogen (secondary N) is 2. The number of carbonyl (C=O) groups is 1. The van der Waals surface area contributed by atoms with E-state index in [1.165, 1.54) is 30.6 Å². The summed E-state index contributed by atoms with van der Waals surface area (Å²) >= 11 is 6.56. The van der Waals surface area contributed by atoms with Crippen LogP contribution in [0.25, 0.3) is 10.4 Å². The molecule has 0 spiro atoms. The average molecular weight is 436 g/mol. The van der Waals surface area contributed by atoms with Crippen molar-refractivity contribution < 1.29 is 22.7 Å². The molecule has 4 nitrogen and oxygen atoms in total. The van der Waals surface area contributed by atoms with Crippen LogP contribution in [0, 0.1) is 0 Å². The van der Waals surface area contributed by atoms with Gasteiger partial charge in [-0.2, -0.15) is 13.2 Å². The van der Waals surface area contributed by atoms with Gasteiger partial charge in [-0.3, -0.25) is 0 Å². The summed E-state index contributed by atoms with van der Waals surface area (Å²) in [6.45, 7) is 0. The summed E-state index contributed by atoms with van der Waals surface area (Å²) in [5.41, 5.74) is 0.876. The van der Waals surface area contributed by atoms with Crippen molar-refractivity contribution in [2.75, 3.05) is 17.7 Å². The van der Waals surface area contributed by atoms with Crippen molar-refractivity contribution in [2.24, 2.45) is 0 Å². The molecule has 150 valence electrons. The normalized spacial score (nSPS) is 11.0. The van der Waals surface area contributed by atoms with Crippen LogP contribution in [0.15, 0.2) is 60.7 Å². The Morgan fingerprint density at radius 1 is 1.03 bits per heavy atom. The van der Waals surface area contributed by atoms with E-state index in [4.69, 9.17) is 17.0 Å². The summed E-state index contributed by atoms with van der Waals surface area (Å²) < 4.78 is 42.8. The molecule has 0 radical (unpaired) electrons. The van der Waals surface area contributed by atoms with Gasteiger partial charge in [0.15, 0.2) is 5.11 Å². The number of esters is 1. The third-order valence-corrected chi connectivity index (χ3v) is 5.20. The molecule has 0 amide bonds. The lowest BCUT2D eigenvalue weighted by atomic mass is 10.1. The van der Waals surface area contributed by atoms with Crippen LogP contribution in [0.3, 0.4) is 0 Å². The minimum absolute atomic E-state index is 0.136. The third kappa shape index (κ3) is 5.12. The number of carbonyl (C=O) groups excluding carboxylic acids is 1. The van der Waals surface area contributed by atoms with Gasteiger partial charge in [0.25, 0.3) is 0 Å². The Morgan fingerprint density at radius 3 is 2.28 bits per heavy atom. The first-order valence-electron chi connectivity index (χ1n) is 8.31. The van der Waals surface area contributed by atoms with Crippen LogP contribution in [0.1, 0.15) is 15.9 Å². The zero-order valence-electron chi connectivity index (χ0n) is 15.0. The molecule has 0 fully saturated rings. The molecule has 0 saturated heterocycles. The lowest BCUT2D eigenvalue weighted by molar-refractivity contribution is -0.137. The van der Waals surface area contributed by atoms with Crippen LogP contribution in [0.5, 0.6) is 0 Å². The fourth-order valence-electron chi connectivity index (χ4n) is 2.50. The van der Waals surface area contributed by atoms with Gasteiger partial charge in [-0.25, -0.2) is 4.79 Å². The number of alkyl halides is 3. The highest BCUT2D eigenvalue weighted by atomic mass is 32.1. The predicted molar refractivity (Wildman–Crippen MR) is 112 cm³/mol. The molecule has 2 N–H and O–H groups in total. The second-order valence-electron chi connectivity index (χ2n) is 5.87. The number of methoxy groups -OCH3 is 1. The van der Waals surface area contributed by atoms with E-state index in [-0.39, 0.29) is 5.11 Å². The van der Waals surface area contributed by atoms with Crippen LogP contribution in [-0.4, -0.2) is 18.2 Å². The van der Waals surface area contributed by atoms with Crippen LogP contribution < -0.4 is 10.6 Å². The molecule has 3 aromatic rings. The molecular weight excluding hydrogens is 421 g/mol. The number of rotatable bonds is 4. The van der Waals surface area contributed by atoms with Crippen LogP contribution in [-0.2, 0) is 10.9 Å². The smallest absolute Gasteiger partial charge is 0.416 e. The van der Waals surface area contributed by atoms with Crippen LogP contribution in [0.2, 0.25) is 0 Å². The average Bonchev–Trinajstić information content (AvgIpc) is 3.11. The molecule has 2 aromatic carbocycles. The molecular formula is C20H15F3N2O2S2. The van der Waals surface area contributed by atoms with E-state index in [1.807, 2.05) is 30.3 Å². The van der Waals surface area contributed by atoms with Gasteiger partial charge in [0, 0.05) is 10.6 Å². The van der Waals surface area contributed by atoms with E-state index in [0.29, 0.717) is 16.3 Å². The van der Waals surface area contributed by atoms with E-state index < -0.39 is 17.7 Å². The second-order valence-corrected chi connectivity index (χ2v) is 7.33. The van der Waals surface area contributed by atoms with Crippen LogP contribution in [0.4, 0.5) is 23.9 Å². The van der Waals surface area contributed by atoms with Crippen molar-refractivity contribution in [3.63, 3.8) is 0 Å². The second kappa shape index (κ2) is 8.62. The van der Waals surface area contributed by atoms with Gasteiger partial charge in [-0.05, 0) is 48.1 Å². The predicted octanol–water partition coefficient (Wildman–Crippen LogP) is 6.03. The lowest BCUT2D eigenvalue weighted by Crippen LogP contribution is -2.20. The van der Waals surface area contributed by atoms with E-state index in [2.05, 4.69) is 10.6 Å². The van der Waals surface area contributed by atoms with E-state index in [1.54, 1.807) is 6.07 Å². The zero-order chi connectivity index (χ0) is 21.0. The third-order valence-electron chi connectivity index (χ3n) is 3.89. The highest BCUT2D eigenvalue weighted by Crippen LogP contribution is 2.36. The maximum Gasteiger partial charge on any atom is 0.416 e. The van der Waals surface area contributed by atoms with E-state index >= 15 is 0 Å². The Hall–Kier alpha value is -2.91. The monoisotopic (exact) mass is 436 g/mol. The standard InChI is InChI=1S/C20H15F3N2O2S2/c1-27-18(26)15-11-16(12-5-3-2-4-6-12)29-17(15)25-19(28)24-14-9-7-13(8-10-14)20(21,22)23/h2-11H,1H3,(H2,24,25,28). The first kappa shape index (κ1) is 20.8. The zero-order valence-corrected chi connectivity index (χ0v) is 16.7. The molecule has 9 heteroatoms. The molecule has 0 aliphatic rings. The maximum absolute atomic E-state index is 12.7. The molecule has 0 aliphatic heterocycles. The fraction of sp³-hybridized carbons (Fsp3) is 0.100. The molecule has 29 heavy (non-hydrogen) atoms. The number of hydrogen-bond donors (Lipinski definition) is 2. The van der Waals surface area contributed by atoms with Crippen molar-refractivity contribution in [3.05, 3.63) is 71.8 Å². The van der Waals surface area contributed by atoms with E-state index in [9.17, 15) is 18.0 Å². The molecule has 0 unspecified atom stereocenters. The molecule has 0 bridgehead atoms. The van der Waals surface area contributed by atoms with Gasteiger partial charge in [-0.15, -0.1) is 11.3 Å². The lowest BCUT2D eigenvalue weighted by Gasteiger charge is -2.11. The van der Waals surface area contributed by atoms with Gasteiger partial charge in [0.1, 0.15) is 5.00 Å². The Balaban J connectivity index is 1.78. The number of benzene rings is 2. The number of halogens is 3. The number of anilines is 2. The first-order valence-corrected chi connectivity index (χ1v) is 9.53. The Kier molecular flexibility index (Phi) is 6.19. The minimum atomic E-state index is -4.41. The minimum Gasteiger partial charge on any atom is -0.465 e.